The normalized spacial score (nSPS) is 14.2. The fraction of sp³-hybridized carbons (Fsp3) is 0.333. The van der Waals surface area contributed by atoms with Crippen molar-refractivity contribution in [1.29, 1.82) is 0 Å². The van der Waals surface area contributed by atoms with Gasteiger partial charge in [0.2, 0.25) is 0 Å². The van der Waals surface area contributed by atoms with Crippen molar-refractivity contribution in [2.45, 2.75) is 44.9 Å². The Morgan fingerprint density at radius 3 is 2.31 bits per heavy atom. The molecule has 0 saturated heterocycles. The second-order valence-corrected chi connectivity index (χ2v) is 13.6. The smallest absolute Gasteiger partial charge is 0.250 e. The number of aromatic nitrogens is 1. The van der Waals surface area contributed by atoms with Crippen molar-refractivity contribution in [3.63, 3.8) is 0 Å². The van der Waals surface area contributed by atoms with Crippen molar-refractivity contribution >= 4 is 51.2 Å². The molecule has 0 fully saturated rings. The Bertz CT molecular complexity index is 1480. The highest BCUT2D eigenvalue weighted by Crippen LogP contribution is 2.35. The Balaban J connectivity index is 2.24. The standard InChI is InChI=1S/C27H31Cl2N3O5S2/c1-16(31-38(35)27(2,3)4)20-14-25(33)32(5)15-23(20)21-12-18(10-11-30-39(36)37)24(29)13-22(21)26(34)17-6-8-19(28)9-7-17/h6-9,12-16,30-31H,10-11H2,1-5H3,(H,36,37)/p-1/t16-,38-/m0/s1. The van der Waals surface area contributed by atoms with E-state index in [1.54, 1.807) is 56.6 Å². The summed E-state index contributed by atoms with van der Waals surface area (Å²) >= 11 is 10.2. The van der Waals surface area contributed by atoms with Gasteiger partial charge in [-0.2, -0.15) is 0 Å². The van der Waals surface area contributed by atoms with Gasteiger partial charge in [-0.05, 0) is 87.2 Å². The van der Waals surface area contributed by atoms with E-state index < -0.39 is 33.0 Å². The van der Waals surface area contributed by atoms with Crippen LogP contribution in [0.5, 0.6) is 0 Å². The maximum atomic E-state index is 13.7. The van der Waals surface area contributed by atoms with E-state index in [2.05, 4.69) is 9.44 Å². The molecule has 0 saturated carbocycles. The summed E-state index contributed by atoms with van der Waals surface area (Å²) in [5, 5.41) is 0.774. The second-order valence-electron chi connectivity index (χ2n) is 10.0. The third-order valence-corrected chi connectivity index (χ3v) is 8.73. The number of carbonyl (C=O) groups is 1. The molecule has 1 heterocycles. The molecule has 0 bridgehead atoms. The van der Waals surface area contributed by atoms with Gasteiger partial charge in [-0.15, -0.1) is 0 Å². The molecule has 210 valence electrons. The van der Waals surface area contributed by atoms with Gasteiger partial charge in [-0.25, -0.2) is 13.7 Å². The van der Waals surface area contributed by atoms with Crippen LogP contribution in [0, 0.1) is 0 Å². The third-order valence-electron chi connectivity index (χ3n) is 6.01. The fourth-order valence-electron chi connectivity index (χ4n) is 3.87. The lowest BCUT2D eigenvalue weighted by atomic mass is 9.89. The molecule has 3 atom stereocenters. The van der Waals surface area contributed by atoms with Crippen molar-refractivity contribution < 1.29 is 17.8 Å². The van der Waals surface area contributed by atoms with Crippen LogP contribution in [0.3, 0.4) is 0 Å². The summed E-state index contributed by atoms with van der Waals surface area (Å²) in [5.74, 6) is -0.312. The minimum Gasteiger partial charge on any atom is -0.760 e. The van der Waals surface area contributed by atoms with Crippen LogP contribution in [-0.2, 0) is 35.7 Å². The van der Waals surface area contributed by atoms with E-state index in [0.717, 1.165) is 0 Å². The molecule has 3 rings (SSSR count). The summed E-state index contributed by atoms with van der Waals surface area (Å²) < 4.78 is 41.1. The van der Waals surface area contributed by atoms with Crippen LogP contribution in [-0.4, -0.2) is 34.6 Å². The molecule has 3 aromatic rings. The number of benzene rings is 2. The first-order chi connectivity index (χ1) is 18.2. The molecule has 12 heteroatoms. The van der Waals surface area contributed by atoms with Crippen LogP contribution in [0.25, 0.3) is 11.1 Å². The van der Waals surface area contributed by atoms with Gasteiger partial charge in [0.1, 0.15) is 0 Å². The van der Waals surface area contributed by atoms with Crippen LogP contribution >= 0.6 is 23.2 Å². The number of nitrogens with zero attached hydrogens (tertiary/aromatic N) is 1. The number of hydrogen-bond acceptors (Lipinski definition) is 5. The van der Waals surface area contributed by atoms with Crippen molar-refractivity contribution in [3.05, 3.63) is 91.3 Å². The Morgan fingerprint density at radius 2 is 1.72 bits per heavy atom. The predicted octanol–water partition coefficient (Wildman–Crippen LogP) is 4.63. The van der Waals surface area contributed by atoms with Gasteiger partial charge >= 0.3 is 0 Å². The van der Waals surface area contributed by atoms with Gasteiger partial charge in [-0.3, -0.25) is 13.8 Å². The molecule has 0 aliphatic heterocycles. The van der Waals surface area contributed by atoms with E-state index in [1.165, 1.54) is 10.6 Å². The SMILES string of the molecule is C[C@H](N[S@@](=O)C(C)(C)C)c1cc(=O)n(C)cc1-c1cc(CCNS(=O)[O-])c(Cl)cc1C(=O)c1ccc(Cl)cc1. The van der Waals surface area contributed by atoms with Gasteiger partial charge in [0.15, 0.2) is 5.78 Å². The monoisotopic (exact) mass is 610 g/mol. The van der Waals surface area contributed by atoms with E-state index >= 15 is 0 Å². The van der Waals surface area contributed by atoms with E-state index in [1.807, 2.05) is 20.8 Å². The van der Waals surface area contributed by atoms with Crippen molar-refractivity contribution in [2.75, 3.05) is 6.54 Å². The lowest BCUT2D eigenvalue weighted by Crippen LogP contribution is -2.35. The quantitative estimate of drug-likeness (QED) is 0.256. The van der Waals surface area contributed by atoms with Gasteiger partial charge in [0.05, 0.1) is 15.7 Å². The number of halogens is 2. The molecule has 0 aliphatic carbocycles. The second kappa shape index (κ2) is 13.0. The Labute approximate surface area is 243 Å². The average molecular weight is 612 g/mol. The first kappa shape index (κ1) is 31.3. The lowest BCUT2D eigenvalue weighted by Gasteiger charge is -2.24. The summed E-state index contributed by atoms with van der Waals surface area (Å²) in [6, 6.07) is 10.7. The van der Waals surface area contributed by atoms with E-state index in [9.17, 15) is 22.6 Å². The summed E-state index contributed by atoms with van der Waals surface area (Å²) in [5.41, 5.74) is 2.63. The zero-order valence-corrected chi connectivity index (χ0v) is 25.3. The number of nitrogens with one attached hydrogen (secondary N) is 2. The van der Waals surface area contributed by atoms with Crippen LogP contribution in [0.4, 0.5) is 0 Å². The maximum absolute atomic E-state index is 13.7. The van der Waals surface area contributed by atoms with Gasteiger partial charge < -0.3 is 9.12 Å². The van der Waals surface area contributed by atoms with Gasteiger partial charge in [0, 0.05) is 69.9 Å². The minimum atomic E-state index is -2.44. The summed E-state index contributed by atoms with van der Waals surface area (Å²) in [6.07, 6.45) is 1.89. The number of carbonyl (C=O) groups excluding carboxylic acids is 1. The molecular formula is C27H30Cl2N3O5S2-. The van der Waals surface area contributed by atoms with E-state index in [4.69, 9.17) is 23.2 Å². The van der Waals surface area contributed by atoms with Crippen LogP contribution in [0.2, 0.25) is 10.0 Å². The molecular weight excluding hydrogens is 581 g/mol. The van der Waals surface area contributed by atoms with Crippen molar-refractivity contribution in [1.82, 2.24) is 14.0 Å². The summed E-state index contributed by atoms with van der Waals surface area (Å²) in [6.45, 7) is 7.41. The molecule has 0 radical (unpaired) electrons. The molecule has 1 aromatic heterocycles. The Morgan fingerprint density at radius 1 is 1.08 bits per heavy atom. The molecule has 1 unspecified atom stereocenters. The van der Waals surface area contributed by atoms with E-state index in [-0.39, 0.29) is 29.9 Å². The number of pyridine rings is 1. The molecule has 0 aliphatic rings. The maximum Gasteiger partial charge on any atom is 0.250 e. The lowest BCUT2D eigenvalue weighted by molar-refractivity contribution is 0.103. The number of rotatable bonds is 10. The topological polar surface area (TPSA) is 120 Å². The van der Waals surface area contributed by atoms with E-state index in [0.29, 0.717) is 37.9 Å². The Hall–Kier alpha value is -2.18. The van der Waals surface area contributed by atoms with Crippen molar-refractivity contribution in [3.8, 4) is 11.1 Å². The molecule has 39 heavy (non-hydrogen) atoms. The molecule has 8 nitrogen and oxygen atoms in total. The fourth-order valence-corrected chi connectivity index (χ4v) is 5.33. The summed E-state index contributed by atoms with van der Waals surface area (Å²) in [4.78, 5) is 26.4. The molecule has 0 amide bonds. The molecule has 2 N–H and O–H groups in total. The van der Waals surface area contributed by atoms with Crippen LogP contribution in [0.1, 0.15) is 60.8 Å². The number of aryl methyl sites for hydroxylation is 1. The highest BCUT2D eigenvalue weighted by molar-refractivity contribution is 7.84. The first-order valence-corrected chi connectivity index (χ1v) is 15.0. The largest absolute Gasteiger partial charge is 0.760 e. The summed E-state index contributed by atoms with van der Waals surface area (Å²) in [7, 11) is 0.170. The van der Waals surface area contributed by atoms with Crippen LogP contribution < -0.4 is 15.0 Å². The highest BCUT2D eigenvalue weighted by atomic mass is 35.5. The predicted molar refractivity (Wildman–Crippen MR) is 157 cm³/mol. The number of hydrogen-bond donors (Lipinski definition) is 2. The van der Waals surface area contributed by atoms with Gasteiger partial charge in [0.25, 0.3) is 5.56 Å². The highest BCUT2D eigenvalue weighted by Gasteiger charge is 2.26. The van der Waals surface area contributed by atoms with Crippen molar-refractivity contribution in [2.24, 2.45) is 7.05 Å². The zero-order chi connectivity index (χ0) is 29.1. The molecule has 2 aromatic carbocycles. The van der Waals surface area contributed by atoms with Gasteiger partial charge in [-0.1, -0.05) is 23.2 Å². The first-order valence-electron chi connectivity index (χ1n) is 12.0. The molecule has 0 spiro atoms. The zero-order valence-electron chi connectivity index (χ0n) is 22.2. The average Bonchev–Trinajstić information content (AvgIpc) is 2.85. The van der Waals surface area contributed by atoms with Crippen LogP contribution in [0.15, 0.2) is 53.5 Å². The minimum absolute atomic E-state index is 0.0996. The Kier molecular flexibility index (Phi) is 10.4. The third kappa shape index (κ3) is 7.94. The number of ketones is 1.